The highest BCUT2D eigenvalue weighted by atomic mass is 32.2. The van der Waals surface area contributed by atoms with Crippen LogP contribution in [0.15, 0.2) is 18.2 Å². The van der Waals surface area contributed by atoms with Crippen molar-refractivity contribution in [3.05, 3.63) is 29.6 Å². The Kier molecular flexibility index (Phi) is 5.11. The quantitative estimate of drug-likeness (QED) is 0.912. The number of para-hydroxylation sites is 1. The number of hydrogen-bond acceptors (Lipinski definition) is 3. The largest absolute Gasteiger partial charge is 0.364 e. The van der Waals surface area contributed by atoms with Crippen molar-refractivity contribution in [2.24, 2.45) is 0 Å². The van der Waals surface area contributed by atoms with Crippen LogP contribution in [0.25, 0.3) is 0 Å². The van der Waals surface area contributed by atoms with Gasteiger partial charge in [-0.25, -0.2) is 4.39 Å². The molecule has 1 N–H and O–H groups in total. The molecule has 0 radical (unpaired) electrons. The molecule has 106 valence electrons. The Hall–Kier alpha value is -0.740. The van der Waals surface area contributed by atoms with Crippen LogP contribution >= 0.6 is 11.8 Å². The van der Waals surface area contributed by atoms with E-state index in [2.05, 4.69) is 31.0 Å². The van der Waals surface area contributed by atoms with E-state index in [0.29, 0.717) is 11.3 Å². The molecule has 0 spiro atoms. The first-order valence-corrected chi connectivity index (χ1v) is 8.06. The highest BCUT2D eigenvalue weighted by Crippen LogP contribution is 2.33. The summed E-state index contributed by atoms with van der Waals surface area (Å²) in [7, 11) is 0. The van der Waals surface area contributed by atoms with E-state index in [-0.39, 0.29) is 5.82 Å². The molecule has 2 unspecified atom stereocenters. The van der Waals surface area contributed by atoms with E-state index in [4.69, 9.17) is 0 Å². The van der Waals surface area contributed by atoms with Crippen molar-refractivity contribution in [2.75, 3.05) is 23.7 Å². The summed E-state index contributed by atoms with van der Waals surface area (Å²) in [6.07, 6.45) is 0. The zero-order valence-electron chi connectivity index (χ0n) is 11.9. The minimum atomic E-state index is -0.0960. The van der Waals surface area contributed by atoms with Crippen molar-refractivity contribution in [3.8, 4) is 0 Å². The third-order valence-electron chi connectivity index (χ3n) is 3.81. The van der Waals surface area contributed by atoms with Gasteiger partial charge in [0.2, 0.25) is 0 Å². The van der Waals surface area contributed by atoms with Gasteiger partial charge in [-0.05, 0) is 25.1 Å². The van der Waals surface area contributed by atoms with E-state index >= 15 is 0 Å². The van der Waals surface area contributed by atoms with Crippen molar-refractivity contribution in [1.82, 2.24) is 5.32 Å². The van der Waals surface area contributed by atoms with Gasteiger partial charge in [0.25, 0.3) is 0 Å². The number of nitrogens with one attached hydrogen (secondary N) is 1. The summed E-state index contributed by atoms with van der Waals surface area (Å²) in [6.45, 7) is 9.05. The van der Waals surface area contributed by atoms with Gasteiger partial charge in [0.05, 0.1) is 5.69 Å². The van der Waals surface area contributed by atoms with Gasteiger partial charge in [-0.15, -0.1) is 0 Å². The first-order valence-electron chi connectivity index (χ1n) is 7.01. The predicted molar refractivity (Wildman–Crippen MR) is 82.5 cm³/mol. The van der Waals surface area contributed by atoms with E-state index in [0.717, 1.165) is 36.6 Å². The third kappa shape index (κ3) is 3.23. The second-order valence-electron chi connectivity index (χ2n) is 5.04. The molecule has 1 heterocycles. The van der Waals surface area contributed by atoms with Crippen LogP contribution in [0.5, 0.6) is 0 Å². The minimum Gasteiger partial charge on any atom is -0.364 e. The molecular weight excluding hydrogens is 259 g/mol. The van der Waals surface area contributed by atoms with Gasteiger partial charge in [0.15, 0.2) is 0 Å². The summed E-state index contributed by atoms with van der Waals surface area (Å²) in [5.74, 6) is 0.974. The molecule has 2 rings (SSSR count). The lowest BCUT2D eigenvalue weighted by molar-refractivity contribution is 0.575. The lowest BCUT2D eigenvalue weighted by Gasteiger charge is -2.40. The van der Waals surface area contributed by atoms with Gasteiger partial charge in [-0.1, -0.05) is 26.0 Å². The molecule has 2 atom stereocenters. The molecule has 0 saturated carbocycles. The smallest absolute Gasteiger partial charge is 0.146 e. The zero-order chi connectivity index (χ0) is 13.8. The molecule has 4 heteroatoms. The SMILES string of the molecule is CCNCc1cccc(F)c1N1CCSC(C)C1C. The lowest BCUT2D eigenvalue weighted by Crippen LogP contribution is -2.45. The number of thioether (sulfide) groups is 1. The number of rotatable bonds is 4. The Balaban J connectivity index is 2.31. The number of halogens is 1. The van der Waals surface area contributed by atoms with Crippen molar-refractivity contribution in [1.29, 1.82) is 0 Å². The molecule has 2 nitrogen and oxygen atoms in total. The molecule has 1 aliphatic rings. The summed E-state index contributed by atoms with van der Waals surface area (Å²) in [6, 6.07) is 5.78. The fourth-order valence-corrected chi connectivity index (χ4v) is 3.63. The van der Waals surface area contributed by atoms with Crippen molar-refractivity contribution in [2.45, 2.75) is 38.6 Å². The molecule has 0 aromatic heterocycles. The summed E-state index contributed by atoms with van der Waals surface area (Å²) in [5.41, 5.74) is 1.86. The van der Waals surface area contributed by atoms with E-state index in [1.165, 1.54) is 0 Å². The van der Waals surface area contributed by atoms with Crippen LogP contribution in [-0.4, -0.2) is 30.1 Å². The molecule has 1 aromatic carbocycles. The number of hydrogen-bond donors (Lipinski definition) is 1. The molecule has 1 aliphatic heterocycles. The van der Waals surface area contributed by atoms with Crippen molar-refractivity contribution >= 4 is 17.4 Å². The zero-order valence-corrected chi connectivity index (χ0v) is 12.8. The minimum absolute atomic E-state index is 0.0960. The van der Waals surface area contributed by atoms with Gasteiger partial charge < -0.3 is 10.2 Å². The first kappa shape index (κ1) is 14.7. The maximum Gasteiger partial charge on any atom is 0.146 e. The number of anilines is 1. The molecule has 0 aliphatic carbocycles. The molecule has 0 amide bonds. The Morgan fingerprint density at radius 2 is 2.21 bits per heavy atom. The lowest BCUT2D eigenvalue weighted by atomic mass is 10.1. The fraction of sp³-hybridized carbons (Fsp3) is 0.600. The topological polar surface area (TPSA) is 15.3 Å². The Morgan fingerprint density at radius 1 is 1.42 bits per heavy atom. The Labute approximate surface area is 119 Å². The predicted octanol–water partition coefficient (Wildman–Crippen LogP) is 3.27. The van der Waals surface area contributed by atoms with Gasteiger partial charge >= 0.3 is 0 Å². The first-order chi connectivity index (χ1) is 9.15. The molecule has 19 heavy (non-hydrogen) atoms. The van der Waals surface area contributed by atoms with E-state index < -0.39 is 0 Å². The van der Waals surface area contributed by atoms with Crippen LogP contribution in [0.4, 0.5) is 10.1 Å². The van der Waals surface area contributed by atoms with E-state index in [9.17, 15) is 4.39 Å². The molecule has 1 aromatic rings. The molecule has 1 saturated heterocycles. The highest BCUT2D eigenvalue weighted by Gasteiger charge is 2.28. The van der Waals surface area contributed by atoms with Gasteiger partial charge in [-0.3, -0.25) is 0 Å². The van der Waals surface area contributed by atoms with E-state index in [1.54, 1.807) is 12.1 Å². The van der Waals surface area contributed by atoms with Crippen molar-refractivity contribution < 1.29 is 4.39 Å². The molecule has 1 fully saturated rings. The summed E-state index contributed by atoms with van der Waals surface area (Å²) >= 11 is 1.97. The second kappa shape index (κ2) is 6.62. The van der Waals surface area contributed by atoms with Crippen LogP contribution < -0.4 is 10.2 Å². The summed E-state index contributed by atoms with van der Waals surface area (Å²) < 4.78 is 14.3. The van der Waals surface area contributed by atoms with Crippen LogP contribution in [0.3, 0.4) is 0 Å². The average Bonchev–Trinajstić information content (AvgIpc) is 2.40. The average molecular weight is 282 g/mol. The second-order valence-corrected chi connectivity index (χ2v) is 6.52. The standard InChI is InChI=1S/C15H23FN2S/c1-4-17-10-13-6-5-7-14(16)15(13)18-8-9-19-12(3)11(18)2/h5-7,11-12,17H,4,8-10H2,1-3H3. The Bertz CT molecular complexity index is 425. The molecular formula is C15H23FN2S. The maximum absolute atomic E-state index is 14.3. The maximum atomic E-state index is 14.3. The van der Waals surface area contributed by atoms with Crippen LogP contribution in [0.2, 0.25) is 0 Å². The van der Waals surface area contributed by atoms with Crippen LogP contribution in [-0.2, 0) is 6.54 Å². The van der Waals surface area contributed by atoms with Gasteiger partial charge in [0.1, 0.15) is 5.82 Å². The highest BCUT2D eigenvalue weighted by molar-refractivity contribution is 8.00. The Morgan fingerprint density at radius 3 is 2.95 bits per heavy atom. The number of benzene rings is 1. The number of nitrogens with zero attached hydrogens (tertiary/aromatic N) is 1. The monoisotopic (exact) mass is 282 g/mol. The van der Waals surface area contributed by atoms with E-state index in [1.807, 2.05) is 17.8 Å². The normalized spacial score (nSPS) is 23.7. The summed E-state index contributed by atoms with van der Waals surface area (Å²) in [5, 5.41) is 3.84. The van der Waals surface area contributed by atoms with Crippen LogP contribution in [0, 0.1) is 5.82 Å². The third-order valence-corrected chi connectivity index (χ3v) is 5.14. The van der Waals surface area contributed by atoms with Gasteiger partial charge in [0, 0.05) is 30.1 Å². The molecule has 0 bridgehead atoms. The summed E-state index contributed by atoms with van der Waals surface area (Å²) in [4.78, 5) is 2.24. The van der Waals surface area contributed by atoms with Crippen molar-refractivity contribution in [3.63, 3.8) is 0 Å². The fourth-order valence-electron chi connectivity index (χ4n) is 2.53. The van der Waals surface area contributed by atoms with Crippen LogP contribution in [0.1, 0.15) is 26.3 Å². The van der Waals surface area contributed by atoms with Gasteiger partial charge in [-0.2, -0.15) is 11.8 Å².